The van der Waals surface area contributed by atoms with E-state index in [4.69, 9.17) is 16.2 Å². The highest BCUT2D eigenvalue weighted by Crippen LogP contribution is 2.53. The Bertz CT molecular complexity index is 440. The molecule has 0 aliphatic heterocycles. The summed E-state index contributed by atoms with van der Waals surface area (Å²) in [6, 6.07) is 0. The number of fused-ring (bicyclic) bond motifs is 1. The Labute approximate surface area is 134 Å². The van der Waals surface area contributed by atoms with E-state index in [0.29, 0.717) is 18.3 Å². The summed E-state index contributed by atoms with van der Waals surface area (Å²) in [6.07, 6.45) is 4.91. The molecule has 2 aliphatic rings. The van der Waals surface area contributed by atoms with Gasteiger partial charge in [0.05, 0.1) is 5.66 Å². The lowest BCUT2D eigenvalue weighted by Crippen LogP contribution is -2.74. The molecule has 5 N–H and O–H groups in total. The van der Waals surface area contributed by atoms with Gasteiger partial charge in [-0.05, 0) is 64.8 Å². The van der Waals surface area contributed by atoms with Crippen LogP contribution in [0, 0.1) is 17.8 Å². The maximum absolute atomic E-state index is 12.9. The van der Waals surface area contributed by atoms with Gasteiger partial charge in [-0.15, -0.1) is 0 Å². The molecule has 2 fully saturated rings. The maximum atomic E-state index is 12.9. The summed E-state index contributed by atoms with van der Waals surface area (Å²) in [7, 11) is 1.72. The van der Waals surface area contributed by atoms with Crippen molar-refractivity contribution < 1.29 is 9.53 Å². The normalized spacial score (nSPS) is 39.9. The highest BCUT2D eigenvalue weighted by Gasteiger charge is 2.55. The lowest BCUT2D eigenvalue weighted by atomic mass is 9.83. The van der Waals surface area contributed by atoms with Crippen molar-refractivity contribution in [1.29, 1.82) is 0 Å². The van der Waals surface area contributed by atoms with Crippen LogP contribution < -0.4 is 16.8 Å². The van der Waals surface area contributed by atoms with Crippen molar-refractivity contribution in [2.45, 2.75) is 76.6 Å². The molecule has 6 unspecified atom stereocenters. The minimum absolute atomic E-state index is 0.378. The van der Waals surface area contributed by atoms with E-state index in [1.54, 1.807) is 14.0 Å². The largest absolute Gasteiger partial charge is 0.458 e. The van der Waals surface area contributed by atoms with Gasteiger partial charge < -0.3 is 21.5 Å². The number of nitrogens with one attached hydrogen (secondary N) is 1. The molecule has 5 heteroatoms. The quantitative estimate of drug-likeness (QED) is 0.531. The minimum atomic E-state index is -1.23. The number of hydrogen-bond donors (Lipinski definition) is 3. The van der Waals surface area contributed by atoms with Gasteiger partial charge in [0.2, 0.25) is 0 Å². The topological polar surface area (TPSA) is 90.4 Å². The second-order valence-electron chi connectivity index (χ2n) is 7.96. The van der Waals surface area contributed by atoms with Crippen molar-refractivity contribution in [2.24, 2.45) is 29.2 Å². The van der Waals surface area contributed by atoms with Crippen LogP contribution in [0.4, 0.5) is 0 Å². The summed E-state index contributed by atoms with van der Waals surface area (Å²) in [5, 5.41) is 2.96. The zero-order valence-electron chi connectivity index (χ0n) is 14.7. The van der Waals surface area contributed by atoms with E-state index in [9.17, 15) is 4.79 Å². The molecule has 22 heavy (non-hydrogen) atoms. The van der Waals surface area contributed by atoms with Gasteiger partial charge in [0.15, 0.2) is 0 Å². The smallest absolute Gasteiger partial charge is 0.329 e. The number of ether oxygens (including phenoxy) is 1. The molecule has 2 saturated carbocycles. The fourth-order valence-electron chi connectivity index (χ4n) is 4.50. The summed E-state index contributed by atoms with van der Waals surface area (Å²) in [6.45, 7) is 7.99. The highest BCUT2D eigenvalue weighted by atomic mass is 16.6. The average Bonchev–Trinajstić information content (AvgIpc) is 2.97. The van der Waals surface area contributed by atoms with Crippen LogP contribution >= 0.6 is 0 Å². The molecule has 2 rings (SSSR count). The number of rotatable bonds is 5. The Kier molecular flexibility index (Phi) is 4.64. The van der Waals surface area contributed by atoms with Gasteiger partial charge in [-0.25, -0.2) is 4.79 Å². The molecule has 2 aliphatic carbocycles. The minimum Gasteiger partial charge on any atom is -0.458 e. The van der Waals surface area contributed by atoms with Crippen molar-refractivity contribution in [3.8, 4) is 0 Å². The van der Waals surface area contributed by atoms with Gasteiger partial charge in [0, 0.05) is 5.92 Å². The van der Waals surface area contributed by atoms with Crippen molar-refractivity contribution in [2.75, 3.05) is 7.05 Å². The first-order valence-corrected chi connectivity index (χ1v) is 8.59. The molecular weight excluding hydrogens is 278 g/mol. The van der Waals surface area contributed by atoms with Crippen molar-refractivity contribution in [1.82, 2.24) is 5.32 Å². The van der Waals surface area contributed by atoms with Crippen LogP contribution in [-0.2, 0) is 9.53 Å². The summed E-state index contributed by atoms with van der Waals surface area (Å²) in [5.74, 6) is 1.50. The van der Waals surface area contributed by atoms with Crippen LogP contribution in [0.25, 0.3) is 0 Å². The van der Waals surface area contributed by atoms with Gasteiger partial charge in [-0.2, -0.15) is 0 Å². The lowest BCUT2D eigenvalue weighted by molar-refractivity contribution is -0.172. The van der Waals surface area contributed by atoms with E-state index in [0.717, 1.165) is 25.2 Å². The Morgan fingerprint density at radius 3 is 2.59 bits per heavy atom. The lowest BCUT2D eigenvalue weighted by Gasteiger charge is -2.43. The fourth-order valence-corrected chi connectivity index (χ4v) is 4.50. The Balaban J connectivity index is 2.17. The van der Waals surface area contributed by atoms with Crippen molar-refractivity contribution in [3.63, 3.8) is 0 Å². The molecule has 0 spiro atoms. The third-order valence-corrected chi connectivity index (χ3v) is 6.42. The van der Waals surface area contributed by atoms with Gasteiger partial charge in [-0.1, -0.05) is 13.8 Å². The molecule has 0 aromatic carbocycles. The Morgan fingerprint density at radius 1 is 1.41 bits per heavy atom. The summed E-state index contributed by atoms with van der Waals surface area (Å²) in [4.78, 5) is 12.9. The van der Waals surface area contributed by atoms with Crippen molar-refractivity contribution >= 4 is 5.97 Å². The van der Waals surface area contributed by atoms with E-state index >= 15 is 0 Å². The van der Waals surface area contributed by atoms with E-state index in [1.807, 2.05) is 6.92 Å². The molecule has 0 bridgehead atoms. The second kappa shape index (κ2) is 5.77. The van der Waals surface area contributed by atoms with Crippen LogP contribution in [0.2, 0.25) is 0 Å². The SMILES string of the molecule is CCC(N)(C(=O)OC1(C)CCC2CC(C)CC21)C(C)(N)NC. The van der Waals surface area contributed by atoms with Crippen LogP contribution in [0.15, 0.2) is 0 Å². The third kappa shape index (κ3) is 2.68. The molecular formula is C17H33N3O2. The third-order valence-electron chi connectivity index (χ3n) is 6.42. The van der Waals surface area contributed by atoms with Gasteiger partial charge in [-0.3, -0.25) is 0 Å². The van der Waals surface area contributed by atoms with E-state index in [1.165, 1.54) is 6.42 Å². The summed E-state index contributed by atoms with van der Waals surface area (Å²) < 4.78 is 6.02. The zero-order valence-corrected chi connectivity index (χ0v) is 14.7. The molecule has 6 atom stereocenters. The molecule has 128 valence electrons. The number of carbonyl (C=O) groups excluding carboxylic acids is 1. The predicted octanol–water partition coefficient (Wildman–Crippen LogP) is 1.75. The molecule has 0 amide bonds. The molecule has 0 radical (unpaired) electrons. The summed E-state index contributed by atoms with van der Waals surface area (Å²) in [5.41, 5.74) is 9.96. The van der Waals surface area contributed by atoms with Crippen LogP contribution in [-0.4, -0.2) is 29.8 Å². The standard InChI is InChI=1S/C17H33N3O2/c1-6-17(19,16(4,18)20-5)14(21)22-15(3)8-7-12-9-11(2)10-13(12)15/h11-13,20H,6-10,18-19H2,1-5H3. The Hall–Kier alpha value is -0.650. The highest BCUT2D eigenvalue weighted by molar-refractivity contribution is 5.83. The number of carbonyl (C=O) groups is 1. The number of esters is 1. The monoisotopic (exact) mass is 311 g/mol. The predicted molar refractivity (Wildman–Crippen MR) is 88.0 cm³/mol. The van der Waals surface area contributed by atoms with Crippen LogP contribution in [0.3, 0.4) is 0 Å². The van der Waals surface area contributed by atoms with Crippen LogP contribution in [0.1, 0.15) is 59.8 Å². The first kappa shape index (κ1) is 17.7. The van der Waals surface area contributed by atoms with E-state index < -0.39 is 16.8 Å². The van der Waals surface area contributed by atoms with Crippen LogP contribution in [0.5, 0.6) is 0 Å². The van der Waals surface area contributed by atoms with E-state index in [2.05, 4.69) is 19.2 Å². The fraction of sp³-hybridized carbons (Fsp3) is 0.941. The first-order chi connectivity index (χ1) is 10.1. The van der Waals surface area contributed by atoms with Gasteiger partial charge >= 0.3 is 5.97 Å². The van der Waals surface area contributed by atoms with Gasteiger partial charge in [0.1, 0.15) is 11.1 Å². The number of likely N-dealkylation sites (N-methyl/N-ethyl adjacent to an activating group) is 1. The van der Waals surface area contributed by atoms with Gasteiger partial charge in [0.25, 0.3) is 0 Å². The number of hydrogen-bond acceptors (Lipinski definition) is 5. The molecule has 5 nitrogen and oxygen atoms in total. The zero-order chi connectivity index (χ0) is 16.8. The molecule has 0 saturated heterocycles. The van der Waals surface area contributed by atoms with Crippen molar-refractivity contribution in [3.05, 3.63) is 0 Å². The Morgan fingerprint density at radius 2 is 2.05 bits per heavy atom. The molecule has 0 aromatic heterocycles. The first-order valence-electron chi connectivity index (χ1n) is 8.59. The maximum Gasteiger partial charge on any atom is 0.329 e. The average molecular weight is 311 g/mol. The van der Waals surface area contributed by atoms with E-state index in [-0.39, 0.29) is 5.97 Å². The second-order valence-corrected chi connectivity index (χ2v) is 7.96. The number of nitrogens with two attached hydrogens (primary N) is 2. The molecule has 0 aromatic rings. The summed E-state index contributed by atoms with van der Waals surface area (Å²) >= 11 is 0. The molecule has 0 heterocycles.